The number of hydrogen-bond acceptors (Lipinski definition) is 3. The summed E-state index contributed by atoms with van der Waals surface area (Å²) in [7, 11) is 1.95. The van der Waals surface area contributed by atoms with Gasteiger partial charge in [-0.05, 0) is 30.7 Å². The summed E-state index contributed by atoms with van der Waals surface area (Å²) in [4.78, 5) is 0. The summed E-state index contributed by atoms with van der Waals surface area (Å²) in [6.07, 6.45) is 2.16. The van der Waals surface area contributed by atoms with Crippen LogP contribution in [0.25, 0.3) is 6.08 Å². The van der Waals surface area contributed by atoms with Crippen molar-refractivity contribution in [2.24, 2.45) is 5.92 Å². The van der Waals surface area contributed by atoms with Gasteiger partial charge in [0, 0.05) is 6.54 Å². The Kier molecular flexibility index (Phi) is 4.72. The zero-order valence-electron chi connectivity index (χ0n) is 11.6. The van der Waals surface area contributed by atoms with Crippen molar-refractivity contribution in [3.8, 4) is 11.5 Å². The number of fused-ring (bicyclic) bond motifs is 1. The smallest absolute Gasteiger partial charge is 0.179 e. The molecule has 0 saturated heterocycles. The monoisotopic (exact) mass is 281 g/mol. The van der Waals surface area contributed by atoms with Crippen LogP contribution in [0, 0.1) is 5.92 Å². The molecule has 0 unspecified atom stereocenters. The molecule has 0 saturated carbocycles. The molecule has 0 amide bonds. The van der Waals surface area contributed by atoms with Crippen LogP contribution in [0.4, 0.5) is 0 Å². The van der Waals surface area contributed by atoms with E-state index in [1.165, 1.54) is 5.57 Å². The highest BCUT2D eigenvalue weighted by Gasteiger charge is 2.16. The fraction of sp³-hybridized carbons (Fsp3) is 0.467. The van der Waals surface area contributed by atoms with Crippen LogP contribution in [0.1, 0.15) is 19.4 Å². The summed E-state index contributed by atoms with van der Waals surface area (Å²) in [6.45, 7) is 6.36. The van der Waals surface area contributed by atoms with Crippen LogP contribution in [0.2, 0.25) is 5.02 Å². The molecule has 0 fully saturated rings. The average molecular weight is 282 g/mol. The molecule has 0 bridgehead atoms. The summed E-state index contributed by atoms with van der Waals surface area (Å²) < 4.78 is 11.1. The van der Waals surface area contributed by atoms with E-state index in [0.29, 0.717) is 29.9 Å². The zero-order valence-corrected chi connectivity index (χ0v) is 12.4. The van der Waals surface area contributed by atoms with Crippen molar-refractivity contribution in [1.82, 2.24) is 5.32 Å². The Balaban J connectivity index is 2.34. The Morgan fingerprint density at radius 3 is 2.79 bits per heavy atom. The molecule has 1 aromatic carbocycles. The van der Waals surface area contributed by atoms with E-state index >= 15 is 0 Å². The minimum Gasteiger partial charge on any atom is -0.486 e. The lowest BCUT2D eigenvalue weighted by Gasteiger charge is -2.20. The first-order valence-corrected chi connectivity index (χ1v) is 6.94. The van der Waals surface area contributed by atoms with Gasteiger partial charge in [-0.1, -0.05) is 37.1 Å². The molecule has 104 valence electrons. The van der Waals surface area contributed by atoms with E-state index in [9.17, 15) is 0 Å². The van der Waals surface area contributed by atoms with Gasteiger partial charge in [0.1, 0.15) is 13.2 Å². The van der Waals surface area contributed by atoms with Gasteiger partial charge >= 0.3 is 0 Å². The Morgan fingerprint density at radius 1 is 1.37 bits per heavy atom. The molecule has 19 heavy (non-hydrogen) atoms. The molecule has 2 rings (SSSR count). The minimum absolute atomic E-state index is 0.486. The van der Waals surface area contributed by atoms with Crippen molar-refractivity contribution < 1.29 is 9.47 Å². The van der Waals surface area contributed by atoms with Crippen LogP contribution in [0.3, 0.4) is 0 Å². The van der Waals surface area contributed by atoms with Crippen molar-refractivity contribution >= 4 is 17.7 Å². The molecule has 3 nitrogen and oxygen atoms in total. The molecule has 0 aliphatic carbocycles. The average Bonchev–Trinajstić information content (AvgIpc) is 2.38. The molecule has 1 heterocycles. The highest BCUT2D eigenvalue weighted by atomic mass is 35.5. The number of likely N-dealkylation sites (N-methyl/N-ethyl adjacent to an activating group) is 1. The van der Waals surface area contributed by atoms with Gasteiger partial charge in [0.15, 0.2) is 11.5 Å². The van der Waals surface area contributed by atoms with E-state index < -0.39 is 0 Å². The quantitative estimate of drug-likeness (QED) is 0.918. The maximum Gasteiger partial charge on any atom is 0.179 e. The predicted octanol–water partition coefficient (Wildman–Crippen LogP) is 3.37. The number of nitrogens with one attached hydrogen (secondary N) is 1. The van der Waals surface area contributed by atoms with Crippen molar-refractivity contribution in [1.29, 1.82) is 0 Å². The van der Waals surface area contributed by atoms with Crippen LogP contribution in [-0.4, -0.2) is 26.8 Å². The van der Waals surface area contributed by atoms with Gasteiger partial charge < -0.3 is 14.8 Å². The largest absolute Gasteiger partial charge is 0.486 e. The van der Waals surface area contributed by atoms with Crippen LogP contribution >= 0.6 is 11.6 Å². The molecule has 1 aromatic rings. The topological polar surface area (TPSA) is 30.5 Å². The van der Waals surface area contributed by atoms with Crippen LogP contribution in [-0.2, 0) is 0 Å². The van der Waals surface area contributed by atoms with E-state index in [1.54, 1.807) is 0 Å². The van der Waals surface area contributed by atoms with E-state index in [2.05, 4.69) is 25.2 Å². The van der Waals surface area contributed by atoms with Gasteiger partial charge in [-0.3, -0.25) is 0 Å². The summed E-state index contributed by atoms with van der Waals surface area (Å²) in [5, 5.41) is 3.80. The van der Waals surface area contributed by atoms with Crippen molar-refractivity contribution in [2.75, 3.05) is 26.8 Å². The number of benzene rings is 1. The molecule has 0 spiro atoms. The van der Waals surface area contributed by atoms with E-state index in [-0.39, 0.29) is 0 Å². The second kappa shape index (κ2) is 6.31. The standard InChI is InChI=1S/C15H20ClNO2/c1-10(2)12(9-17-3)6-11-7-13(16)15-14(8-11)18-4-5-19-15/h6-8,10,17H,4-5,9H2,1-3H3. The second-order valence-electron chi connectivity index (χ2n) is 4.93. The molecular weight excluding hydrogens is 262 g/mol. The lowest BCUT2D eigenvalue weighted by Crippen LogP contribution is -2.16. The number of halogens is 1. The molecule has 4 heteroatoms. The second-order valence-corrected chi connectivity index (χ2v) is 5.34. The number of hydrogen-bond donors (Lipinski definition) is 1. The fourth-order valence-corrected chi connectivity index (χ4v) is 2.33. The third-order valence-corrected chi connectivity index (χ3v) is 3.37. The Labute approximate surface area is 119 Å². The van der Waals surface area contributed by atoms with E-state index in [4.69, 9.17) is 21.1 Å². The minimum atomic E-state index is 0.486. The van der Waals surface area contributed by atoms with Gasteiger partial charge in [0.05, 0.1) is 5.02 Å². The first kappa shape index (κ1) is 14.2. The first-order chi connectivity index (χ1) is 9.11. The Hall–Kier alpha value is -1.19. The maximum atomic E-state index is 6.24. The summed E-state index contributed by atoms with van der Waals surface area (Å²) in [5.41, 5.74) is 2.38. The third-order valence-electron chi connectivity index (χ3n) is 3.09. The van der Waals surface area contributed by atoms with Crippen LogP contribution < -0.4 is 14.8 Å². The lowest BCUT2D eigenvalue weighted by molar-refractivity contribution is 0.171. The van der Waals surface area contributed by atoms with Gasteiger partial charge in [-0.2, -0.15) is 0 Å². The normalized spacial score (nSPS) is 14.9. The zero-order chi connectivity index (χ0) is 13.8. The van der Waals surface area contributed by atoms with E-state index in [0.717, 1.165) is 17.9 Å². The van der Waals surface area contributed by atoms with Gasteiger partial charge in [-0.25, -0.2) is 0 Å². The van der Waals surface area contributed by atoms with Gasteiger partial charge in [0.2, 0.25) is 0 Å². The molecule has 1 N–H and O–H groups in total. The maximum absolute atomic E-state index is 6.24. The predicted molar refractivity (Wildman–Crippen MR) is 79.2 cm³/mol. The first-order valence-electron chi connectivity index (χ1n) is 6.56. The van der Waals surface area contributed by atoms with Crippen molar-refractivity contribution in [2.45, 2.75) is 13.8 Å². The van der Waals surface area contributed by atoms with Crippen LogP contribution in [0.15, 0.2) is 17.7 Å². The summed E-state index contributed by atoms with van der Waals surface area (Å²) in [5.74, 6) is 1.88. The Morgan fingerprint density at radius 2 is 2.11 bits per heavy atom. The number of rotatable bonds is 4. The highest BCUT2D eigenvalue weighted by molar-refractivity contribution is 6.32. The van der Waals surface area contributed by atoms with Gasteiger partial charge in [0.25, 0.3) is 0 Å². The summed E-state index contributed by atoms with van der Waals surface area (Å²) >= 11 is 6.24. The third kappa shape index (κ3) is 3.43. The van der Waals surface area contributed by atoms with Crippen molar-refractivity contribution in [3.05, 3.63) is 28.3 Å². The molecule has 0 radical (unpaired) electrons. The SMILES string of the molecule is CNCC(=Cc1cc(Cl)c2c(c1)OCCO2)C(C)C. The highest BCUT2D eigenvalue weighted by Crippen LogP contribution is 2.38. The molecule has 0 aromatic heterocycles. The molecule has 0 atom stereocenters. The van der Waals surface area contributed by atoms with E-state index in [1.807, 2.05) is 19.2 Å². The Bertz CT molecular complexity index is 483. The fourth-order valence-electron chi connectivity index (χ4n) is 2.05. The van der Waals surface area contributed by atoms with Gasteiger partial charge in [-0.15, -0.1) is 0 Å². The summed E-state index contributed by atoms with van der Waals surface area (Å²) in [6, 6.07) is 3.91. The molecule has 1 aliphatic rings. The molecule has 1 aliphatic heterocycles. The number of ether oxygens (including phenoxy) is 2. The lowest BCUT2D eigenvalue weighted by atomic mass is 10.00. The van der Waals surface area contributed by atoms with Crippen LogP contribution in [0.5, 0.6) is 11.5 Å². The van der Waals surface area contributed by atoms with Crippen molar-refractivity contribution in [3.63, 3.8) is 0 Å². The molecular formula is C15H20ClNO2.